The molecular formula is C26H23F6N5O6S. The molecule has 18 heteroatoms. The van der Waals surface area contributed by atoms with Crippen LogP contribution < -0.4 is 20.1 Å². The molecule has 2 aliphatic heterocycles. The highest BCUT2D eigenvalue weighted by molar-refractivity contribution is 7.91. The van der Waals surface area contributed by atoms with Crippen molar-refractivity contribution in [2.24, 2.45) is 0 Å². The lowest BCUT2D eigenvalue weighted by Crippen LogP contribution is -2.51. The summed E-state index contributed by atoms with van der Waals surface area (Å²) in [6.45, 7) is -1.36. The van der Waals surface area contributed by atoms with Gasteiger partial charge in [-0.2, -0.15) is 36.1 Å². The highest BCUT2D eigenvalue weighted by Crippen LogP contribution is 2.44. The van der Waals surface area contributed by atoms with Crippen LogP contribution in [0.3, 0.4) is 0 Å². The third-order valence-corrected chi connectivity index (χ3v) is 7.61. The highest BCUT2D eigenvalue weighted by atomic mass is 32.2. The Morgan fingerprint density at radius 3 is 2.57 bits per heavy atom. The second-order valence-electron chi connectivity index (χ2n) is 10.3. The molecule has 236 valence electrons. The number of carbonyl (C=O) groups excluding carboxylic acids is 2. The molecule has 0 fully saturated rings. The number of nitrogens with zero attached hydrogens (tertiary/aromatic N) is 3. The lowest BCUT2D eigenvalue weighted by molar-refractivity contribution is -0.153. The molecular weight excluding hydrogens is 624 g/mol. The Morgan fingerprint density at radius 1 is 1.18 bits per heavy atom. The maximum absolute atomic E-state index is 13.7. The highest BCUT2D eigenvalue weighted by Gasteiger charge is 2.45. The van der Waals surface area contributed by atoms with Gasteiger partial charge in [0.05, 0.1) is 23.4 Å². The Hall–Kier alpha value is -4.35. The number of ether oxygens (including phenoxy) is 2. The minimum absolute atomic E-state index is 0.0320. The summed E-state index contributed by atoms with van der Waals surface area (Å²) < 4.78 is 112. The van der Waals surface area contributed by atoms with Crippen molar-refractivity contribution in [3.05, 3.63) is 58.9 Å². The van der Waals surface area contributed by atoms with Gasteiger partial charge in [-0.15, -0.1) is 0 Å². The first-order valence-electron chi connectivity index (χ1n) is 12.9. The summed E-state index contributed by atoms with van der Waals surface area (Å²) in [5, 5.41) is 9.61. The molecule has 1 aromatic carbocycles. The van der Waals surface area contributed by atoms with Gasteiger partial charge in [-0.3, -0.25) is 9.59 Å². The molecule has 1 spiro atoms. The summed E-state index contributed by atoms with van der Waals surface area (Å²) in [6.07, 6.45) is -7.24. The smallest absolute Gasteiger partial charge is 0.422 e. The number of nitrogens with one attached hydrogen (secondary N) is 2. The Labute approximate surface area is 245 Å². The van der Waals surface area contributed by atoms with Gasteiger partial charge >= 0.3 is 12.4 Å². The minimum atomic E-state index is -4.69. The van der Waals surface area contributed by atoms with Crippen LogP contribution in [-0.2, 0) is 32.8 Å². The number of aromatic nitrogens is 3. The molecule has 0 bridgehead atoms. The molecule has 0 unspecified atom stereocenters. The Morgan fingerprint density at radius 2 is 1.93 bits per heavy atom. The Balaban J connectivity index is 1.57. The molecule has 2 N–H and O–H groups in total. The number of hydrogen-bond acceptors (Lipinski definition) is 8. The number of sulfone groups is 1. The van der Waals surface area contributed by atoms with E-state index in [1.165, 1.54) is 18.2 Å². The van der Waals surface area contributed by atoms with Crippen molar-refractivity contribution in [2.45, 2.75) is 37.2 Å². The van der Waals surface area contributed by atoms with Crippen molar-refractivity contribution in [1.82, 2.24) is 20.1 Å². The van der Waals surface area contributed by atoms with Gasteiger partial charge in [0.15, 0.2) is 28.1 Å². The van der Waals surface area contributed by atoms with Crippen molar-refractivity contribution in [3.63, 3.8) is 0 Å². The van der Waals surface area contributed by atoms with Crippen molar-refractivity contribution < 1.29 is 53.8 Å². The standard InChI is InChI=1S/C26H23F6N5O6S/c1-44(40,41)12-20(38)34-22-21-17(36-37(22)19-6-3-14(11-33-19)26(30,31)32)10-24(35-23(21)39)7-2-8-42-18-9-15(4-5-16(18)24)43-13-25(27,28)29/h3-6,9,11H,2,7-8,10,12-13H2,1H3,(H,34,38)(H,35,39)/t24-/m0/s1. The predicted octanol–water partition coefficient (Wildman–Crippen LogP) is 3.56. The third kappa shape index (κ3) is 6.58. The summed E-state index contributed by atoms with van der Waals surface area (Å²) >= 11 is 0. The lowest BCUT2D eigenvalue weighted by atomic mass is 9.78. The first-order chi connectivity index (χ1) is 20.4. The number of carbonyl (C=O) groups is 2. The molecule has 0 radical (unpaired) electrons. The van der Waals surface area contributed by atoms with Crippen LogP contribution in [0.4, 0.5) is 32.2 Å². The molecule has 0 aliphatic carbocycles. The third-order valence-electron chi connectivity index (χ3n) is 6.83. The van der Waals surface area contributed by atoms with E-state index in [1.807, 2.05) is 0 Å². The van der Waals surface area contributed by atoms with Gasteiger partial charge in [-0.1, -0.05) is 0 Å². The zero-order chi connectivity index (χ0) is 32.1. The topological polar surface area (TPSA) is 142 Å². The van der Waals surface area contributed by atoms with Gasteiger partial charge in [0, 0.05) is 30.5 Å². The summed E-state index contributed by atoms with van der Waals surface area (Å²) in [5.74, 6) is -3.22. The normalized spacial score (nSPS) is 18.5. The van der Waals surface area contributed by atoms with Crippen LogP contribution >= 0.6 is 0 Å². The molecule has 0 saturated heterocycles. The number of hydrogen-bond donors (Lipinski definition) is 2. The molecule has 11 nitrogen and oxygen atoms in total. The molecule has 5 rings (SSSR count). The van der Waals surface area contributed by atoms with Gasteiger partial charge in [-0.05, 0) is 37.1 Å². The van der Waals surface area contributed by atoms with E-state index in [0.29, 0.717) is 24.6 Å². The first kappa shape index (κ1) is 31.1. The van der Waals surface area contributed by atoms with Crippen molar-refractivity contribution >= 4 is 27.5 Å². The molecule has 44 heavy (non-hydrogen) atoms. The predicted molar refractivity (Wildman–Crippen MR) is 140 cm³/mol. The summed E-state index contributed by atoms with van der Waals surface area (Å²) in [4.78, 5) is 30.1. The molecule has 2 aliphatic rings. The van der Waals surface area contributed by atoms with Crippen LogP contribution in [0.1, 0.15) is 40.0 Å². The SMILES string of the molecule is CS(=O)(=O)CC(=O)Nc1c2c(nn1-c1ccc(C(F)(F)F)cn1)C[C@]1(CCCOc3cc(OCC(F)(F)F)ccc31)NC2=O. The second-order valence-corrected chi connectivity index (χ2v) is 12.5. The van der Waals surface area contributed by atoms with E-state index in [1.54, 1.807) is 0 Å². The summed E-state index contributed by atoms with van der Waals surface area (Å²) in [7, 11) is -3.81. The minimum Gasteiger partial charge on any atom is -0.493 e. The van der Waals surface area contributed by atoms with E-state index >= 15 is 0 Å². The van der Waals surface area contributed by atoms with Crippen LogP contribution in [-0.4, -0.2) is 66.4 Å². The zero-order valence-electron chi connectivity index (χ0n) is 22.7. The number of anilines is 1. The molecule has 2 amide bonds. The quantitative estimate of drug-likeness (QED) is 0.387. The van der Waals surface area contributed by atoms with E-state index in [0.717, 1.165) is 23.1 Å². The fourth-order valence-corrected chi connectivity index (χ4v) is 5.63. The lowest BCUT2D eigenvalue weighted by Gasteiger charge is -2.37. The van der Waals surface area contributed by atoms with Crippen LogP contribution in [0.25, 0.3) is 5.82 Å². The fraction of sp³-hybridized carbons (Fsp3) is 0.385. The molecule has 2 aromatic heterocycles. The van der Waals surface area contributed by atoms with Gasteiger partial charge in [0.1, 0.15) is 22.8 Å². The largest absolute Gasteiger partial charge is 0.493 e. The first-order valence-corrected chi connectivity index (χ1v) is 14.9. The number of alkyl halides is 6. The zero-order valence-corrected chi connectivity index (χ0v) is 23.5. The summed E-state index contributed by atoms with van der Waals surface area (Å²) in [5.41, 5.74) is -1.91. The second kappa shape index (κ2) is 11.0. The van der Waals surface area contributed by atoms with E-state index < -0.39 is 57.5 Å². The van der Waals surface area contributed by atoms with Gasteiger partial charge in [-0.25, -0.2) is 13.4 Å². The van der Waals surface area contributed by atoms with E-state index in [2.05, 4.69) is 20.7 Å². The number of pyridine rings is 1. The van der Waals surface area contributed by atoms with Crippen LogP contribution in [0, 0.1) is 0 Å². The van der Waals surface area contributed by atoms with Gasteiger partial charge in [0.2, 0.25) is 5.91 Å². The van der Waals surface area contributed by atoms with E-state index in [4.69, 9.17) is 9.47 Å². The monoisotopic (exact) mass is 647 g/mol. The fourth-order valence-electron chi connectivity index (χ4n) is 5.08. The summed E-state index contributed by atoms with van der Waals surface area (Å²) in [6, 6.07) is 5.73. The van der Waals surface area contributed by atoms with Crippen LogP contribution in [0.5, 0.6) is 11.5 Å². The van der Waals surface area contributed by atoms with Gasteiger partial charge < -0.3 is 20.1 Å². The number of rotatable bonds is 6. The number of halogens is 6. The molecule has 1 atom stereocenters. The maximum Gasteiger partial charge on any atom is 0.422 e. The Kier molecular flexibility index (Phi) is 7.75. The average molecular weight is 648 g/mol. The van der Waals surface area contributed by atoms with E-state index in [-0.39, 0.29) is 47.4 Å². The number of fused-ring (bicyclic) bond motifs is 3. The van der Waals surface area contributed by atoms with Crippen LogP contribution in [0.15, 0.2) is 36.5 Å². The van der Waals surface area contributed by atoms with E-state index in [9.17, 15) is 44.3 Å². The van der Waals surface area contributed by atoms with Crippen molar-refractivity contribution in [3.8, 4) is 17.3 Å². The Bertz CT molecular complexity index is 1720. The molecule has 4 heterocycles. The van der Waals surface area contributed by atoms with Crippen LogP contribution in [0.2, 0.25) is 0 Å². The number of amides is 2. The number of benzene rings is 1. The average Bonchev–Trinajstić information content (AvgIpc) is 3.16. The van der Waals surface area contributed by atoms with Crippen molar-refractivity contribution in [1.29, 1.82) is 0 Å². The van der Waals surface area contributed by atoms with Crippen molar-refractivity contribution in [2.75, 3.05) is 30.5 Å². The maximum atomic E-state index is 13.7. The van der Waals surface area contributed by atoms with Gasteiger partial charge in [0.25, 0.3) is 5.91 Å². The molecule has 3 aromatic rings. The molecule has 0 saturated carbocycles.